The smallest absolute Gasteiger partial charge is 0.147 e. The number of rotatable bonds is 2. The predicted molar refractivity (Wildman–Crippen MR) is 61.1 cm³/mol. The number of hydrogen-bond donors (Lipinski definition) is 1. The van der Waals surface area contributed by atoms with E-state index in [1.54, 1.807) is 18.7 Å². The number of hydrogen-bond acceptors (Lipinski definition) is 4. The molecule has 3 rings (SSSR count). The fourth-order valence-corrected chi connectivity index (χ4v) is 1.98. The Balaban J connectivity index is 1.93. The second-order valence-electron chi connectivity index (χ2n) is 3.92. The summed E-state index contributed by atoms with van der Waals surface area (Å²) in [6, 6.07) is 0. The van der Waals surface area contributed by atoms with Gasteiger partial charge in [-0.1, -0.05) is 0 Å². The molecule has 1 aliphatic rings. The van der Waals surface area contributed by atoms with Crippen LogP contribution in [0.5, 0.6) is 0 Å². The lowest BCUT2D eigenvalue weighted by Crippen LogP contribution is -2.19. The number of aromatic amines is 1. The number of imidazole rings is 1. The van der Waals surface area contributed by atoms with E-state index in [9.17, 15) is 0 Å². The van der Waals surface area contributed by atoms with Crippen LogP contribution in [0, 0.1) is 0 Å². The largest absolute Gasteiger partial charge is 0.355 e. The van der Waals surface area contributed by atoms with Gasteiger partial charge in [-0.25, -0.2) is 9.97 Å². The molecule has 0 bridgehead atoms. The monoisotopic (exact) mass is 215 g/mol. The highest BCUT2D eigenvalue weighted by Gasteiger charge is 2.14. The third kappa shape index (κ3) is 1.64. The van der Waals surface area contributed by atoms with Crippen molar-refractivity contribution in [1.82, 2.24) is 19.9 Å². The molecule has 5 heteroatoms. The standard InChI is InChI=1S/C11H13N5/c1-2-4-16(3-1)11-7-12-6-10(15-11)9-5-13-8-14-9/h5-8H,1-4H2,(H,13,14). The van der Waals surface area contributed by atoms with Gasteiger partial charge in [-0.2, -0.15) is 0 Å². The molecule has 5 nitrogen and oxygen atoms in total. The number of anilines is 1. The first-order valence-electron chi connectivity index (χ1n) is 5.49. The molecule has 2 aromatic rings. The summed E-state index contributed by atoms with van der Waals surface area (Å²) in [6.07, 6.45) is 9.49. The van der Waals surface area contributed by atoms with Crippen LogP contribution in [0.25, 0.3) is 11.4 Å². The third-order valence-electron chi connectivity index (χ3n) is 2.83. The van der Waals surface area contributed by atoms with Gasteiger partial charge in [-0.05, 0) is 12.8 Å². The van der Waals surface area contributed by atoms with E-state index in [-0.39, 0.29) is 0 Å². The van der Waals surface area contributed by atoms with Crippen molar-refractivity contribution in [2.24, 2.45) is 0 Å². The molecule has 1 fully saturated rings. The Morgan fingerprint density at radius 2 is 1.94 bits per heavy atom. The molecule has 1 aliphatic heterocycles. The molecule has 0 aliphatic carbocycles. The van der Waals surface area contributed by atoms with Gasteiger partial charge in [-0.15, -0.1) is 0 Å². The van der Waals surface area contributed by atoms with E-state index in [4.69, 9.17) is 0 Å². The molecular formula is C11H13N5. The molecule has 3 heterocycles. The highest BCUT2D eigenvalue weighted by atomic mass is 15.2. The summed E-state index contributed by atoms with van der Waals surface area (Å²) >= 11 is 0. The van der Waals surface area contributed by atoms with Crippen molar-refractivity contribution in [3.63, 3.8) is 0 Å². The fourth-order valence-electron chi connectivity index (χ4n) is 1.98. The average Bonchev–Trinajstić information content (AvgIpc) is 3.03. The van der Waals surface area contributed by atoms with Crippen molar-refractivity contribution >= 4 is 5.82 Å². The summed E-state index contributed by atoms with van der Waals surface area (Å²) in [5.41, 5.74) is 1.76. The van der Waals surface area contributed by atoms with Crippen LogP contribution >= 0.6 is 0 Å². The molecule has 0 aromatic carbocycles. The molecule has 0 atom stereocenters. The maximum atomic E-state index is 4.59. The summed E-state index contributed by atoms with van der Waals surface area (Å²) in [5.74, 6) is 0.963. The van der Waals surface area contributed by atoms with Gasteiger partial charge >= 0.3 is 0 Å². The molecule has 1 saturated heterocycles. The van der Waals surface area contributed by atoms with E-state index in [0.717, 1.165) is 30.3 Å². The van der Waals surface area contributed by atoms with Gasteiger partial charge in [0.25, 0.3) is 0 Å². The van der Waals surface area contributed by atoms with Crippen molar-refractivity contribution < 1.29 is 0 Å². The lowest BCUT2D eigenvalue weighted by atomic mass is 10.3. The SMILES string of the molecule is c1ncc(-c2cncc(N3CCCC3)n2)[nH]1. The quantitative estimate of drug-likeness (QED) is 0.824. The lowest BCUT2D eigenvalue weighted by Gasteiger charge is -2.15. The maximum Gasteiger partial charge on any atom is 0.147 e. The first-order chi connectivity index (χ1) is 7.93. The Labute approximate surface area is 93.6 Å². The minimum Gasteiger partial charge on any atom is -0.355 e. The number of H-pyrrole nitrogens is 1. The highest BCUT2D eigenvalue weighted by Crippen LogP contribution is 2.20. The first kappa shape index (κ1) is 9.33. The van der Waals surface area contributed by atoms with Crippen molar-refractivity contribution in [3.8, 4) is 11.4 Å². The van der Waals surface area contributed by atoms with Crippen LogP contribution in [0.2, 0.25) is 0 Å². The first-order valence-corrected chi connectivity index (χ1v) is 5.49. The minimum absolute atomic E-state index is 0.849. The van der Waals surface area contributed by atoms with E-state index in [0.29, 0.717) is 0 Å². The molecule has 0 radical (unpaired) electrons. The maximum absolute atomic E-state index is 4.59. The number of nitrogens with zero attached hydrogens (tertiary/aromatic N) is 4. The van der Waals surface area contributed by atoms with Crippen LogP contribution in [-0.2, 0) is 0 Å². The molecule has 0 saturated carbocycles. The molecule has 0 unspecified atom stereocenters. The highest BCUT2D eigenvalue weighted by molar-refractivity contribution is 5.54. The van der Waals surface area contributed by atoms with Crippen LogP contribution in [0.1, 0.15) is 12.8 Å². The molecule has 2 aromatic heterocycles. The Morgan fingerprint density at radius 1 is 1.06 bits per heavy atom. The fraction of sp³-hybridized carbons (Fsp3) is 0.364. The van der Waals surface area contributed by atoms with Crippen molar-refractivity contribution in [3.05, 3.63) is 24.9 Å². The third-order valence-corrected chi connectivity index (χ3v) is 2.83. The van der Waals surface area contributed by atoms with Gasteiger partial charge < -0.3 is 9.88 Å². The lowest BCUT2D eigenvalue weighted by molar-refractivity contribution is 0.927. The summed E-state index contributed by atoms with van der Waals surface area (Å²) in [7, 11) is 0. The zero-order valence-corrected chi connectivity index (χ0v) is 8.93. The topological polar surface area (TPSA) is 57.7 Å². The van der Waals surface area contributed by atoms with Crippen LogP contribution in [0.4, 0.5) is 5.82 Å². The predicted octanol–water partition coefficient (Wildman–Crippen LogP) is 1.47. The van der Waals surface area contributed by atoms with E-state index >= 15 is 0 Å². The molecule has 1 N–H and O–H groups in total. The Morgan fingerprint density at radius 3 is 2.69 bits per heavy atom. The Hall–Kier alpha value is -1.91. The van der Waals surface area contributed by atoms with Crippen LogP contribution in [0.3, 0.4) is 0 Å². The summed E-state index contributed by atoms with van der Waals surface area (Å²) in [6.45, 7) is 2.17. The van der Waals surface area contributed by atoms with Crippen LogP contribution in [-0.4, -0.2) is 33.0 Å². The van der Waals surface area contributed by atoms with Crippen molar-refractivity contribution in [1.29, 1.82) is 0 Å². The zero-order chi connectivity index (χ0) is 10.8. The van der Waals surface area contributed by atoms with E-state index in [2.05, 4.69) is 24.8 Å². The molecule has 82 valence electrons. The second kappa shape index (κ2) is 3.92. The normalized spacial score (nSPS) is 15.6. The van der Waals surface area contributed by atoms with E-state index in [1.165, 1.54) is 12.8 Å². The van der Waals surface area contributed by atoms with E-state index < -0.39 is 0 Å². The molecular weight excluding hydrogens is 202 g/mol. The second-order valence-corrected chi connectivity index (χ2v) is 3.92. The van der Waals surface area contributed by atoms with E-state index in [1.807, 2.05) is 6.20 Å². The van der Waals surface area contributed by atoms with Gasteiger partial charge in [0.1, 0.15) is 11.5 Å². The van der Waals surface area contributed by atoms with Gasteiger partial charge in [0.2, 0.25) is 0 Å². The minimum atomic E-state index is 0.849. The molecule has 16 heavy (non-hydrogen) atoms. The van der Waals surface area contributed by atoms with Gasteiger partial charge in [0.05, 0.1) is 30.6 Å². The number of aromatic nitrogens is 4. The summed E-state index contributed by atoms with van der Waals surface area (Å²) in [4.78, 5) is 18.1. The molecule has 0 spiro atoms. The zero-order valence-electron chi connectivity index (χ0n) is 8.93. The van der Waals surface area contributed by atoms with Gasteiger partial charge in [-0.3, -0.25) is 4.98 Å². The van der Waals surface area contributed by atoms with Crippen molar-refractivity contribution in [2.45, 2.75) is 12.8 Å². The molecule has 0 amide bonds. The van der Waals surface area contributed by atoms with Gasteiger partial charge in [0.15, 0.2) is 0 Å². The summed E-state index contributed by atoms with van der Waals surface area (Å²) in [5, 5.41) is 0. The van der Waals surface area contributed by atoms with Crippen LogP contribution in [0.15, 0.2) is 24.9 Å². The number of nitrogens with one attached hydrogen (secondary N) is 1. The van der Waals surface area contributed by atoms with Crippen molar-refractivity contribution in [2.75, 3.05) is 18.0 Å². The summed E-state index contributed by atoms with van der Waals surface area (Å²) < 4.78 is 0. The Kier molecular flexibility index (Phi) is 2.29. The van der Waals surface area contributed by atoms with Crippen LogP contribution < -0.4 is 4.90 Å². The van der Waals surface area contributed by atoms with Gasteiger partial charge in [0, 0.05) is 13.1 Å². The average molecular weight is 215 g/mol. The Bertz CT molecular complexity index is 459.